The van der Waals surface area contributed by atoms with Crippen LogP contribution in [0.1, 0.15) is 5.69 Å². The summed E-state index contributed by atoms with van der Waals surface area (Å²) in [4.78, 5) is 0. The molecular formula is C10H7ClN4O. The van der Waals surface area contributed by atoms with E-state index in [1.54, 1.807) is 18.6 Å². The Labute approximate surface area is 95.4 Å². The molecule has 0 bridgehead atoms. The lowest BCUT2D eigenvalue weighted by molar-refractivity contribution is 0.568. The molecule has 0 aromatic carbocycles. The molecule has 16 heavy (non-hydrogen) atoms. The minimum absolute atomic E-state index is 0.355. The number of hydrogen-bond donors (Lipinski definition) is 1. The van der Waals surface area contributed by atoms with E-state index in [1.807, 2.05) is 6.92 Å². The van der Waals surface area contributed by atoms with Crippen molar-refractivity contribution in [1.29, 1.82) is 0 Å². The normalized spacial score (nSPS) is 11.1. The Kier molecular flexibility index (Phi) is 1.94. The van der Waals surface area contributed by atoms with Gasteiger partial charge in [-0.1, -0.05) is 11.6 Å². The first kappa shape index (κ1) is 9.35. The van der Waals surface area contributed by atoms with Gasteiger partial charge in [0.15, 0.2) is 5.15 Å². The molecule has 0 saturated heterocycles. The molecule has 3 aromatic rings. The Hall–Kier alpha value is -1.88. The first-order valence-electron chi connectivity index (χ1n) is 4.67. The zero-order chi connectivity index (χ0) is 11.1. The van der Waals surface area contributed by atoms with Gasteiger partial charge < -0.3 is 4.42 Å². The fourth-order valence-corrected chi connectivity index (χ4v) is 1.91. The van der Waals surface area contributed by atoms with Crippen molar-refractivity contribution < 1.29 is 4.42 Å². The smallest absolute Gasteiger partial charge is 0.163 e. The molecule has 0 atom stereocenters. The fraction of sp³-hybridized carbons (Fsp3) is 0.100. The van der Waals surface area contributed by atoms with E-state index in [2.05, 4.69) is 20.4 Å². The maximum Gasteiger partial charge on any atom is 0.163 e. The molecule has 0 amide bonds. The average molecular weight is 235 g/mol. The van der Waals surface area contributed by atoms with Crippen molar-refractivity contribution in [2.75, 3.05) is 0 Å². The Morgan fingerprint density at radius 2 is 2.25 bits per heavy atom. The van der Waals surface area contributed by atoms with E-state index in [-0.39, 0.29) is 0 Å². The number of nitrogens with zero attached hydrogens (tertiary/aromatic N) is 3. The highest BCUT2D eigenvalue weighted by Gasteiger charge is 2.15. The number of furan rings is 1. The van der Waals surface area contributed by atoms with Gasteiger partial charge >= 0.3 is 0 Å². The van der Waals surface area contributed by atoms with Crippen LogP contribution in [0.15, 0.2) is 23.0 Å². The Balaban J connectivity index is 2.39. The predicted molar refractivity (Wildman–Crippen MR) is 59.1 cm³/mol. The molecule has 0 aliphatic carbocycles. The maximum absolute atomic E-state index is 5.98. The lowest BCUT2D eigenvalue weighted by Gasteiger charge is -1.98. The van der Waals surface area contributed by atoms with Crippen molar-refractivity contribution in [2.45, 2.75) is 6.92 Å². The second-order valence-electron chi connectivity index (χ2n) is 3.42. The third kappa shape index (κ3) is 1.22. The highest BCUT2D eigenvalue weighted by atomic mass is 35.5. The summed E-state index contributed by atoms with van der Waals surface area (Å²) in [5.41, 5.74) is 3.08. The van der Waals surface area contributed by atoms with Crippen LogP contribution in [0, 0.1) is 6.92 Å². The van der Waals surface area contributed by atoms with E-state index in [0.29, 0.717) is 16.4 Å². The molecule has 0 unspecified atom stereocenters. The third-order valence-electron chi connectivity index (χ3n) is 2.41. The van der Waals surface area contributed by atoms with Gasteiger partial charge in [-0.3, -0.25) is 5.10 Å². The van der Waals surface area contributed by atoms with Crippen molar-refractivity contribution in [2.24, 2.45) is 0 Å². The quantitative estimate of drug-likeness (QED) is 0.703. The van der Waals surface area contributed by atoms with Gasteiger partial charge in [0, 0.05) is 11.3 Å². The zero-order valence-electron chi connectivity index (χ0n) is 8.36. The summed E-state index contributed by atoms with van der Waals surface area (Å²) in [5, 5.41) is 16.2. The molecule has 0 aliphatic heterocycles. The van der Waals surface area contributed by atoms with Gasteiger partial charge in [-0.05, 0) is 13.0 Å². The number of H-pyrrole nitrogens is 1. The van der Waals surface area contributed by atoms with Crippen LogP contribution in [-0.2, 0) is 0 Å². The summed E-state index contributed by atoms with van der Waals surface area (Å²) in [6.07, 6.45) is 3.18. The van der Waals surface area contributed by atoms with Crippen LogP contribution in [0.25, 0.3) is 22.2 Å². The monoisotopic (exact) mass is 234 g/mol. The second-order valence-corrected chi connectivity index (χ2v) is 3.78. The van der Waals surface area contributed by atoms with E-state index in [4.69, 9.17) is 16.0 Å². The standard InChI is InChI=1S/C10H7ClN4O/c1-5-7-9(14-12-5)8(13-15-10(7)11)6-2-3-16-4-6/h2-4H,1H3,(H,12,14). The first-order valence-corrected chi connectivity index (χ1v) is 5.04. The largest absolute Gasteiger partial charge is 0.472 e. The van der Waals surface area contributed by atoms with E-state index < -0.39 is 0 Å². The van der Waals surface area contributed by atoms with Gasteiger partial charge in [0.1, 0.15) is 11.2 Å². The lowest BCUT2D eigenvalue weighted by atomic mass is 10.2. The summed E-state index contributed by atoms with van der Waals surface area (Å²) in [6, 6.07) is 1.81. The number of halogens is 1. The SMILES string of the molecule is Cc1[nH]nc2c(-c3ccoc3)nnc(Cl)c12. The number of fused-ring (bicyclic) bond motifs is 1. The summed E-state index contributed by atoms with van der Waals surface area (Å²) < 4.78 is 5.02. The maximum atomic E-state index is 5.98. The molecule has 1 N–H and O–H groups in total. The molecule has 3 rings (SSSR count). The van der Waals surface area contributed by atoms with Crippen LogP contribution in [-0.4, -0.2) is 20.4 Å². The van der Waals surface area contributed by atoms with Crippen LogP contribution in [0.3, 0.4) is 0 Å². The number of aryl methyl sites for hydroxylation is 1. The van der Waals surface area contributed by atoms with Crippen LogP contribution in [0.4, 0.5) is 0 Å². The van der Waals surface area contributed by atoms with E-state index in [9.17, 15) is 0 Å². The van der Waals surface area contributed by atoms with Crippen LogP contribution < -0.4 is 0 Å². The molecule has 6 heteroatoms. The molecule has 5 nitrogen and oxygen atoms in total. The van der Waals surface area contributed by atoms with Crippen LogP contribution in [0.2, 0.25) is 5.15 Å². The summed E-state index contributed by atoms with van der Waals surface area (Å²) in [6.45, 7) is 1.89. The number of hydrogen-bond acceptors (Lipinski definition) is 4. The molecule has 0 aliphatic rings. The van der Waals surface area contributed by atoms with Crippen LogP contribution >= 0.6 is 11.6 Å². The minimum atomic E-state index is 0.355. The highest BCUT2D eigenvalue weighted by molar-refractivity contribution is 6.34. The van der Waals surface area contributed by atoms with Crippen molar-refractivity contribution in [3.8, 4) is 11.3 Å². The highest BCUT2D eigenvalue weighted by Crippen LogP contribution is 2.29. The fourth-order valence-electron chi connectivity index (χ4n) is 1.64. The van der Waals surface area contributed by atoms with Crippen molar-refractivity contribution in [3.05, 3.63) is 29.4 Å². The molecule has 80 valence electrons. The molecule has 3 heterocycles. The third-order valence-corrected chi connectivity index (χ3v) is 2.67. The Morgan fingerprint density at radius 1 is 1.38 bits per heavy atom. The number of rotatable bonds is 1. The van der Waals surface area contributed by atoms with E-state index in [0.717, 1.165) is 16.6 Å². The average Bonchev–Trinajstić information content (AvgIpc) is 2.89. The van der Waals surface area contributed by atoms with Gasteiger partial charge in [-0.15, -0.1) is 10.2 Å². The summed E-state index contributed by atoms with van der Waals surface area (Å²) in [7, 11) is 0. The van der Waals surface area contributed by atoms with Crippen molar-refractivity contribution in [3.63, 3.8) is 0 Å². The molecule has 0 saturated carbocycles. The van der Waals surface area contributed by atoms with Crippen molar-refractivity contribution in [1.82, 2.24) is 20.4 Å². The number of nitrogens with one attached hydrogen (secondary N) is 1. The minimum Gasteiger partial charge on any atom is -0.472 e. The topological polar surface area (TPSA) is 67.6 Å². The number of aromatic amines is 1. The van der Waals surface area contributed by atoms with Gasteiger partial charge in [-0.25, -0.2) is 0 Å². The first-order chi connectivity index (χ1) is 7.77. The van der Waals surface area contributed by atoms with Gasteiger partial charge in [0.2, 0.25) is 0 Å². The molecule has 0 spiro atoms. The summed E-state index contributed by atoms with van der Waals surface area (Å²) in [5.74, 6) is 0. The molecular weight excluding hydrogens is 228 g/mol. The molecule has 0 radical (unpaired) electrons. The van der Waals surface area contributed by atoms with E-state index >= 15 is 0 Å². The second kappa shape index (κ2) is 3.31. The predicted octanol–water partition coefficient (Wildman–Crippen LogP) is 2.57. The van der Waals surface area contributed by atoms with Crippen LogP contribution in [0.5, 0.6) is 0 Å². The van der Waals surface area contributed by atoms with Crippen molar-refractivity contribution >= 4 is 22.5 Å². The van der Waals surface area contributed by atoms with Gasteiger partial charge in [0.05, 0.1) is 17.9 Å². The molecule has 0 fully saturated rings. The summed E-state index contributed by atoms with van der Waals surface area (Å²) >= 11 is 5.98. The Morgan fingerprint density at radius 3 is 3.00 bits per heavy atom. The molecule has 3 aromatic heterocycles. The van der Waals surface area contributed by atoms with Gasteiger partial charge in [-0.2, -0.15) is 5.10 Å². The lowest BCUT2D eigenvalue weighted by Crippen LogP contribution is -1.89. The Bertz CT molecular complexity index is 644. The van der Waals surface area contributed by atoms with Gasteiger partial charge in [0.25, 0.3) is 0 Å². The van der Waals surface area contributed by atoms with E-state index in [1.165, 1.54) is 0 Å². The zero-order valence-corrected chi connectivity index (χ0v) is 9.12. The number of aromatic nitrogens is 4.